The third kappa shape index (κ3) is 9.17. The smallest absolute Gasteiger partial charge is 0.493 e. The van der Waals surface area contributed by atoms with Crippen LogP contribution in [-0.2, 0) is 4.79 Å². The van der Waals surface area contributed by atoms with Crippen molar-refractivity contribution in [2.24, 2.45) is 5.84 Å². The Hall–Kier alpha value is -3.76. The van der Waals surface area contributed by atoms with Crippen LogP contribution in [0.4, 0.5) is 13.2 Å². The quantitative estimate of drug-likeness (QED) is 0.132. The number of carboxylic acid groups (broad SMARTS) is 1. The number of amides is 1. The van der Waals surface area contributed by atoms with Crippen molar-refractivity contribution in [1.82, 2.24) is 5.01 Å². The Morgan fingerprint density at radius 3 is 2.02 bits per heavy atom. The molecule has 3 aromatic rings. The van der Waals surface area contributed by atoms with Crippen molar-refractivity contribution in [2.75, 3.05) is 13.2 Å². The largest absolute Gasteiger partial charge is 0.573 e. The molecule has 0 fully saturated rings. The number of nitrogens with two attached hydrogens (primary N) is 1. The molecule has 3 rings (SSSR count). The number of rotatable bonds is 13. The van der Waals surface area contributed by atoms with E-state index in [1.54, 1.807) is 24.3 Å². The van der Waals surface area contributed by atoms with Gasteiger partial charge in [0.2, 0.25) is 0 Å². The maximum Gasteiger partial charge on any atom is 0.573 e. The molecule has 0 heterocycles. The van der Waals surface area contributed by atoms with E-state index in [9.17, 15) is 22.8 Å². The highest BCUT2D eigenvalue weighted by Crippen LogP contribution is 2.38. The molecule has 3 N–H and O–H groups in total. The zero-order chi connectivity index (χ0) is 29.3. The molecule has 40 heavy (non-hydrogen) atoms. The minimum Gasteiger partial charge on any atom is -0.493 e. The number of hydrogen-bond donors (Lipinski definition) is 2. The molecule has 0 bridgehead atoms. The van der Waals surface area contributed by atoms with Crippen molar-refractivity contribution in [1.29, 1.82) is 0 Å². The van der Waals surface area contributed by atoms with E-state index >= 15 is 0 Å². The average molecular weight is 579 g/mol. The van der Waals surface area contributed by atoms with E-state index < -0.39 is 18.2 Å². The van der Waals surface area contributed by atoms with Gasteiger partial charge in [0.25, 0.3) is 5.91 Å². The van der Waals surface area contributed by atoms with E-state index in [4.69, 9.17) is 27.3 Å². The highest BCUT2D eigenvalue weighted by Gasteiger charge is 2.31. The van der Waals surface area contributed by atoms with Crippen molar-refractivity contribution in [3.05, 3.63) is 94.5 Å². The van der Waals surface area contributed by atoms with E-state index in [0.717, 1.165) is 29.0 Å². The predicted octanol–water partition coefficient (Wildman–Crippen LogP) is 6.78. The van der Waals surface area contributed by atoms with Gasteiger partial charge in [-0.1, -0.05) is 49.2 Å². The van der Waals surface area contributed by atoms with E-state index in [1.165, 1.54) is 24.3 Å². The molecule has 1 amide bonds. The van der Waals surface area contributed by atoms with E-state index in [2.05, 4.69) is 11.7 Å². The lowest BCUT2D eigenvalue weighted by Crippen LogP contribution is -2.38. The molecule has 0 radical (unpaired) electrons. The van der Waals surface area contributed by atoms with Gasteiger partial charge in [0.1, 0.15) is 11.5 Å². The normalized spacial score (nSPS) is 12.8. The first-order valence-electron chi connectivity index (χ1n) is 12.6. The number of carboxylic acids is 1. The van der Waals surface area contributed by atoms with Gasteiger partial charge in [-0.2, -0.15) is 0 Å². The molecule has 0 aliphatic carbocycles. The van der Waals surface area contributed by atoms with Crippen LogP contribution in [0.3, 0.4) is 0 Å². The van der Waals surface area contributed by atoms with Crippen LogP contribution in [0, 0.1) is 0 Å². The highest BCUT2D eigenvalue weighted by atomic mass is 35.5. The van der Waals surface area contributed by atoms with E-state index in [0.29, 0.717) is 16.3 Å². The number of aliphatic carboxylic acids is 1. The van der Waals surface area contributed by atoms with Crippen molar-refractivity contribution in [3.63, 3.8) is 0 Å². The van der Waals surface area contributed by atoms with Gasteiger partial charge in [-0.25, -0.2) is 5.84 Å². The summed E-state index contributed by atoms with van der Waals surface area (Å²) < 4.78 is 47.4. The van der Waals surface area contributed by atoms with Gasteiger partial charge >= 0.3 is 12.3 Å². The van der Waals surface area contributed by atoms with Crippen LogP contribution in [-0.4, -0.2) is 41.5 Å². The second kappa shape index (κ2) is 14.0. The lowest BCUT2D eigenvalue weighted by atomic mass is 9.79. The summed E-state index contributed by atoms with van der Waals surface area (Å²) in [6, 6.07) is 19.6. The van der Waals surface area contributed by atoms with Gasteiger partial charge in [0.05, 0.1) is 13.0 Å². The summed E-state index contributed by atoms with van der Waals surface area (Å²) in [5, 5.41) is 10.3. The fourth-order valence-corrected chi connectivity index (χ4v) is 4.47. The number of benzene rings is 3. The molecule has 2 unspecified atom stereocenters. The second-order valence-electron chi connectivity index (χ2n) is 9.15. The van der Waals surface area contributed by atoms with Crippen molar-refractivity contribution < 1.29 is 37.3 Å². The van der Waals surface area contributed by atoms with Crippen molar-refractivity contribution in [3.8, 4) is 11.5 Å². The Morgan fingerprint density at radius 2 is 1.48 bits per heavy atom. The molecule has 0 spiro atoms. The summed E-state index contributed by atoms with van der Waals surface area (Å²) in [4.78, 5) is 23.4. The van der Waals surface area contributed by atoms with E-state index in [-0.39, 0.29) is 37.2 Å². The number of carbonyl (C=O) groups is 2. The van der Waals surface area contributed by atoms with Crippen LogP contribution < -0.4 is 15.3 Å². The summed E-state index contributed by atoms with van der Waals surface area (Å²) in [5.41, 5.74) is 2.24. The zero-order valence-corrected chi connectivity index (χ0v) is 22.5. The average Bonchev–Trinajstić information content (AvgIpc) is 2.91. The summed E-state index contributed by atoms with van der Waals surface area (Å²) in [7, 11) is 0. The summed E-state index contributed by atoms with van der Waals surface area (Å²) in [6.07, 6.45) is -3.41. The zero-order valence-electron chi connectivity index (χ0n) is 21.7. The minimum absolute atomic E-state index is 0.0378. The van der Waals surface area contributed by atoms with Gasteiger partial charge in [-0.3, -0.25) is 14.6 Å². The molecule has 214 valence electrons. The maximum atomic E-state index is 12.6. The first kappa shape index (κ1) is 30.8. The van der Waals surface area contributed by atoms with Crippen LogP contribution in [0.2, 0.25) is 5.02 Å². The summed E-state index contributed by atoms with van der Waals surface area (Å²) in [6.45, 7) is 2.16. The van der Waals surface area contributed by atoms with Crippen LogP contribution >= 0.6 is 11.6 Å². The van der Waals surface area contributed by atoms with Crippen molar-refractivity contribution >= 4 is 23.5 Å². The molecule has 2 atom stereocenters. The molecule has 0 aromatic heterocycles. The fraction of sp³-hybridized carbons (Fsp3) is 0.310. The number of hydrazine groups is 1. The topological polar surface area (TPSA) is 102 Å². The van der Waals surface area contributed by atoms with Crippen LogP contribution in [0.15, 0.2) is 72.8 Å². The Kier molecular flexibility index (Phi) is 10.8. The van der Waals surface area contributed by atoms with E-state index in [1.807, 2.05) is 24.3 Å². The van der Waals surface area contributed by atoms with Crippen LogP contribution in [0.25, 0.3) is 0 Å². The van der Waals surface area contributed by atoms with Gasteiger partial charge < -0.3 is 14.6 Å². The SMILES string of the molecule is CCCC(c1ccc(C(=O)N(N)CCC(=O)O)cc1)C(COc1ccc(OC(F)(F)F)cc1)c1ccc(Cl)cc1. The lowest BCUT2D eigenvalue weighted by molar-refractivity contribution is -0.274. The molecular formula is C29H30ClF3N2O5. The molecular weight excluding hydrogens is 549 g/mol. The standard InChI is InChI=1S/C29H30ClF3N2O5/c1-2-3-25(19-4-6-21(7-5-19)28(38)35(34)17-16-27(36)37)26(20-8-10-22(30)11-9-20)18-39-23-12-14-24(15-13-23)40-29(31,32)33/h4-15,25-26H,2-3,16-18,34H2,1H3,(H,36,37). The molecule has 7 nitrogen and oxygen atoms in total. The molecule has 0 aliphatic heterocycles. The predicted molar refractivity (Wildman–Crippen MR) is 144 cm³/mol. The molecule has 0 saturated carbocycles. The number of halogens is 4. The Bertz CT molecular complexity index is 1250. The summed E-state index contributed by atoms with van der Waals surface area (Å²) >= 11 is 6.12. The number of ether oxygens (including phenoxy) is 2. The fourth-order valence-electron chi connectivity index (χ4n) is 4.35. The molecule has 3 aromatic carbocycles. The summed E-state index contributed by atoms with van der Waals surface area (Å²) in [5.74, 6) is 4.04. The Morgan fingerprint density at radius 1 is 0.925 bits per heavy atom. The molecule has 0 aliphatic rings. The minimum atomic E-state index is -4.78. The second-order valence-corrected chi connectivity index (χ2v) is 9.58. The lowest BCUT2D eigenvalue weighted by Gasteiger charge is -2.28. The third-order valence-electron chi connectivity index (χ3n) is 6.28. The van der Waals surface area contributed by atoms with Gasteiger partial charge in [0.15, 0.2) is 0 Å². The van der Waals surface area contributed by atoms with Gasteiger partial charge in [-0.05, 0) is 72.0 Å². The maximum absolute atomic E-state index is 12.6. The first-order valence-corrected chi connectivity index (χ1v) is 13.0. The number of carbonyl (C=O) groups excluding carboxylic acids is 1. The van der Waals surface area contributed by atoms with Crippen LogP contribution in [0.5, 0.6) is 11.5 Å². The molecule has 0 saturated heterocycles. The Balaban J connectivity index is 1.83. The number of hydrogen-bond acceptors (Lipinski definition) is 5. The van der Waals surface area contributed by atoms with Gasteiger partial charge in [0, 0.05) is 23.0 Å². The highest BCUT2D eigenvalue weighted by molar-refractivity contribution is 6.30. The van der Waals surface area contributed by atoms with Crippen molar-refractivity contribution in [2.45, 2.75) is 44.4 Å². The number of alkyl halides is 3. The first-order chi connectivity index (χ1) is 19.0. The third-order valence-corrected chi connectivity index (χ3v) is 6.54. The van der Waals surface area contributed by atoms with Crippen LogP contribution in [0.1, 0.15) is 59.5 Å². The Labute approximate surface area is 235 Å². The van der Waals surface area contributed by atoms with Gasteiger partial charge in [-0.15, -0.1) is 13.2 Å². The monoisotopic (exact) mass is 578 g/mol. The molecule has 11 heteroatoms. The number of nitrogens with zero attached hydrogens (tertiary/aromatic N) is 1.